The Morgan fingerprint density at radius 3 is 2.56 bits per heavy atom. The SMILES string of the molecule is CN(CC(=O)O)NC(=O)[C@@H](N)CCCCN. The number of carbonyl (C=O) groups is 2. The molecule has 0 radical (unpaired) electrons. The quantitative estimate of drug-likeness (QED) is 0.298. The molecule has 0 aliphatic rings. The number of carbonyl (C=O) groups excluding carboxylic acids is 1. The average molecular weight is 232 g/mol. The molecular formula is C9H20N4O3. The molecule has 0 rings (SSSR count). The minimum absolute atomic E-state index is 0.263. The van der Waals surface area contributed by atoms with Gasteiger partial charge in [0.15, 0.2) is 0 Å². The van der Waals surface area contributed by atoms with E-state index >= 15 is 0 Å². The van der Waals surface area contributed by atoms with E-state index in [0.717, 1.165) is 12.8 Å². The van der Waals surface area contributed by atoms with Crippen molar-refractivity contribution in [1.29, 1.82) is 0 Å². The Bertz CT molecular complexity index is 235. The number of amides is 1. The van der Waals surface area contributed by atoms with Crippen LogP contribution in [0.2, 0.25) is 0 Å². The smallest absolute Gasteiger partial charge is 0.319 e. The van der Waals surface area contributed by atoms with Gasteiger partial charge in [0.2, 0.25) is 0 Å². The highest BCUT2D eigenvalue weighted by Crippen LogP contribution is 1.98. The zero-order valence-electron chi connectivity index (χ0n) is 9.48. The van der Waals surface area contributed by atoms with E-state index in [1.165, 1.54) is 12.1 Å². The molecular weight excluding hydrogens is 212 g/mol. The number of nitrogens with one attached hydrogen (secondary N) is 1. The maximum Gasteiger partial charge on any atom is 0.319 e. The average Bonchev–Trinajstić information content (AvgIpc) is 2.16. The number of nitrogens with two attached hydrogens (primary N) is 2. The van der Waals surface area contributed by atoms with E-state index in [2.05, 4.69) is 5.43 Å². The van der Waals surface area contributed by atoms with Crippen LogP contribution in [0, 0.1) is 0 Å². The fourth-order valence-corrected chi connectivity index (χ4v) is 1.15. The van der Waals surface area contributed by atoms with Crippen LogP contribution in [0.4, 0.5) is 0 Å². The summed E-state index contributed by atoms with van der Waals surface area (Å²) in [4.78, 5) is 21.8. The third-order valence-electron chi connectivity index (χ3n) is 1.98. The molecule has 0 aromatic heterocycles. The van der Waals surface area contributed by atoms with Crippen LogP contribution >= 0.6 is 0 Å². The van der Waals surface area contributed by atoms with Crippen LogP contribution in [0.5, 0.6) is 0 Å². The summed E-state index contributed by atoms with van der Waals surface area (Å²) in [6.45, 7) is 0.314. The lowest BCUT2D eigenvalue weighted by Crippen LogP contribution is -2.49. The molecule has 0 aliphatic carbocycles. The lowest BCUT2D eigenvalue weighted by Gasteiger charge is -2.18. The lowest BCUT2D eigenvalue weighted by atomic mass is 10.1. The summed E-state index contributed by atoms with van der Waals surface area (Å²) in [5, 5.41) is 9.66. The zero-order valence-corrected chi connectivity index (χ0v) is 9.48. The van der Waals surface area contributed by atoms with Gasteiger partial charge < -0.3 is 16.6 Å². The molecule has 6 N–H and O–H groups in total. The Labute approximate surface area is 94.7 Å². The zero-order chi connectivity index (χ0) is 12.6. The molecule has 0 fully saturated rings. The number of aliphatic carboxylic acids is 1. The number of hydrogen-bond donors (Lipinski definition) is 4. The van der Waals surface area contributed by atoms with Crippen LogP contribution in [-0.2, 0) is 9.59 Å². The minimum Gasteiger partial charge on any atom is -0.480 e. The highest BCUT2D eigenvalue weighted by atomic mass is 16.4. The van der Waals surface area contributed by atoms with Crippen molar-refractivity contribution in [3.05, 3.63) is 0 Å². The third kappa shape index (κ3) is 7.16. The first kappa shape index (κ1) is 14.8. The van der Waals surface area contributed by atoms with Gasteiger partial charge in [-0.3, -0.25) is 15.0 Å². The molecule has 1 amide bonds. The molecule has 7 nitrogen and oxygen atoms in total. The van der Waals surface area contributed by atoms with E-state index in [4.69, 9.17) is 16.6 Å². The van der Waals surface area contributed by atoms with Gasteiger partial charge in [0.25, 0.3) is 5.91 Å². The van der Waals surface area contributed by atoms with Gasteiger partial charge in [-0.05, 0) is 19.4 Å². The van der Waals surface area contributed by atoms with Crippen LogP contribution in [0.3, 0.4) is 0 Å². The molecule has 0 saturated carbocycles. The van der Waals surface area contributed by atoms with Gasteiger partial charge in [-0.1, -0.05) is 6.42 Å². The number of hydrogen-bond acceptors (Lipinski definition) is 5. The van der Waals surface area contributed by atoms with Crippen LogP contribution in [0.15, 0.2) is 0 Å². The number of unbranched alkanes of at least 4 members (excludes halogenated alkanes) is 1. The van der Waals surface area contributed by atoms with Crippen LogP contribution in [-0.4, -0.2) is 48.2 Å². The standard InChI is InChI=1S/C9H20N4O3/c1-13(6-8(14)15)12-9(16)7(11)4-2-3-5-10/h7H,2-6,10-11H2,1H3,(H,12,16)(H,14,15)/t7-/m0/s1. The first-order chi connectivity index (χ1) is 7.47. The number of hydrazine groups is 1. The molecule has 0 spiro atoms. The summed E-state index contributed by atoms with van der Waals surface area (Å²) in [5.41, 5.74) is 13.3. The second-order valence-corrected chi connectivity index (χ2v) is 3.62. The van der Waals surface area contributed by atoms with E-state index < -0.39 is 12.0 Å². The molecule has 7 heteroatoms. The van der Waals surface area contributed by atoms with E-state index in [0.29, 0.717) is 13.0 Å². The van der Waals surface area contributed by atoms with Crippen LogP contribution in [0.1, 0.15) is 19.3 Å². The van der Waals surface area contributed by atoms with Gasteiger partial charge in [0.05, 0.1) is 6.04 Å². The van der Waals surface area contributed by atoms with Gasteiger partial charge >= 0.3 is 5.97 Å². The maximum absolute atomic E-state index is 11.4. The first-order valence-electron chi connectivity index (χ1n) is 5.16. The van der Waals surface area contributed by atoms with E-state index in [1.54, 1.807) is 0 Å². The van der Waals surface area contributed by atoms with Crippen LogP contribution in [0.25, 0.3) is 0 Å². The first-order valence-corrected chi connectivity index (χ1v) is 5.16. The summed E-state index contributed by atoms with van der Waals surface area (Å²) in [6.07, 6.45) is 2.16. The normalized spacial score (nSPS) is 12.5. The highest BCUT2D eigenvalue weighted by molar-refractivity contribution is 5.81. The Hall–Kier alpha value is -1.18. The Morgan fingerprint density at radius 1 is 1.44 bits per heavy atom. The topological polar surface area (TPSA) is 122 Å². The van der Waals surface area contributed by atoms with E-state index in [9.17, 15) is 9.59 Å². The van der Waals surface area contributed by atoms with Crippen molar-refractivity contribution in [2.24, 2.45) is 11.5 Å². The molecule has 0 saturated heterocycles. The monoisotopic (exact) mass is 232 g/mol. The Morgan fingerprint density at radius 2 is 2.06 bits per heavy atom. The summed E-state index contributed by atoms with van der Waals surface area (Å²) >= 11 is 0. The molecule has 94 valence electrons. The molecule has 0 aromatic rings. The Kier molecular flexibility index (Phi) is 7.44. The summed E-state index contributed by atoms with van der Waals surface area (Å²) in [6, 6.07) is -0.622. The van der Waals surface area contributed by atoms with Crippen LogP contribution < -0.4 is 16.9 Å². The van der Waals surface area contributed by atoms with Gasteiger partial charge in [0.1, 0.15) is 6.54 Å². The second-order valence-electron chi connectivity index (χ2n) is 3.62. The number of nitrogens with zero attached hydrogens (tertiary/aromatic N) is 1. The third-order valence-corrected chi connectivity index (χ3v) is 1.98. The van der Waals surface area contributed by atoms with Crippen molar-refractivity contribution < 1.29 is 14.7 Å². The van der Waals surface area contributed by atoms with Crippen molar-refractivity contribution in [2.75, 3.05) is 20.1 Å². The molecule has 0 bridgehead atoms. The van der Waals surface area contributed by atoms with Crippen molar-refractivity contribution in [3.8, 4) is 0 Å². The summed E-state index contributed by atoms with van der Waals surface area (Å²) in [7, 11) is 1.47. The molecule has 0 heterocycles. The number of carboxylic acid groups (broad SMARTS) is 1. The van der Waals surface area contributed by atoms with E-state index in [-0.39, 0.29) is 12.5 Å². The predicted molar refractivity (Wildman–Crippen MR) is 59.3 cm³/mol. The summed E-state index contributed by atoms with van der Waals surface area (Å²) in [5.74, 6) is -1.39. The number of likely N-dealkylation sites (N-methyl/N-ethyl adjacent to an activating group) is 1. The lowest BCUT2D eigenvalue weighted by molar-refractivity contribution is -0.139. The molecule has 1 atom stereocenters. The molecule has 0 unspecified atom stereocenters. The highest BCUT2D eigenvalue weighted by Gasteiger charge is 2.15. The number of rotatable bonds is 8. The number of carboxylic acids is 1. The van der Waals surface area contributed by atoms with Gasteiger partial charge in [-0.15, -0.1) is 0 Å². The molecule has 0 aromatic carbocycles. The van der Waals surface area contributed by atoms with Gasteiger partial charge in [0, 0.05) is 7.05 Å². The fourth-order valence-electron chi connectivity index (χ4n) is 1.15. The molecule has 0 aliphatic heterocycles. The van der Waals surface area contributed by atoms with Crippen molar-refractivity contribution in [2.45, 2.75) is 25.3 Å². The second kappa shape index (κ2) is 8.03. The van der Waals surface area contributed by atoms with E-state index in [1.807, 2.05) is 0 Å². The largest absolute Gasteiger partial charge is 0.480 e. The van der Waals surface area contributed by atoms with Crippen molar-refractivity contribution in [1.82, 2.24) is 10.4 Å². The fraction of sp³-hybridized carbons (Fsp3) is 0.778. The van der Waals surface area contributed by atoms with Gasteiger partial charge in [-0.2, -0.15) is 0 Å². The van der Waals surface area contributed by atoms with Crippen molar-refractivity contribution in [3.63, 3.8) is 0 Å². The summed E-state index contributed by atoms with van der Waals surface area (Å²) < 4.78 is 0. The van der Waals surface area contributed by atoms with Crippen molar-refractivity contribution >= 4 is 11.9 Å². The minimum atomic E-state index is -1.01. The predicted octanol–water partition coefficient (Wildman–Crippen LogP) is -1.51. The maximum atomic E-state index is 11.4. The molecule has 16 heavy (non-hydrogen) atoms. The van der Waals surface area contributed by atoms with Gasteiger partial charge in [-0.25, -0.2) is 5.01 Å². The Balaban J connectivity index is 3.81.